The van der Waals surface area contributed by atoms with E-state index in [0.717, 1.165) is 24.2 Å². The van der Waals surface area contributed by atoms with E-state index >= 15 is 0 Å². The molecule has 23 heavy (non-hydrogen) atoms. The lowest BCUT2D eigenvalue weighted by Crippen LogP contribution is -2.40. The van der Waals surface area contributed by atoms with Crippen LogP contribution in [-0.4, -0.2) is 17.2 Å². The van der Waals surface area contributed by atoms with Gasteiger partial charge in [-0.1, -0.05) is 18.2 Å². The number of thioether (sulfide) groups is 1. The fourth-order valence-corrected chi connectivity index (χ4v) is 3.84. The number of carbonyl (C=O) groups excluding carboxylic acids is 1. The molecule has 0 bridgehead atoms. The lowest BCUT2D eigenvalue weighted by atomic mass is 10.1. The molecule has 0 saturated carbocycles. The van der Waals surface area contributed by atoms with Crippen molar-refractivity contribution < 1.29 is 13.6 Å². The molecule has 0 fully saturated rings. The average molecular weight is 333 g/mol. The van der Waals surface area contributed by atoms with Crippen LogP contribution < -0.4 is 4.90 Å². The summed E-state index contributed by atoms with van der Waals surface area (Å²) in [4.78, 5) is 15.2. The number of rotatable bonds is 3. The molecular weight excluding hydrogens is 316 g/mol. The molecule has 2 aromatic carbocycles. The van der Waals surface area contributed by atoms with Crippen molar-refractivity contribution in [3.05, 3.63) is 59.7 Å². The first-order valence-corrected chi connectivity index (χ1v) is 8.38. The van der Waals surface area contributed by atoms with Crippen LogP contribution in [0.3, 0.4) is 0 Å². The highest BCUT2D eigenvalue weighted by molar-refractivity contribution is 8.00. The Bertz CT molecular complexity index is 750. The summed E-state index contributed by atoms with van der Waals surface area (Å²) in [6.45, 7) is 3.81. The molecule has 1 aliphatic rings. The predicted octanol–water partition coefficient (Wildman–Crippen LogP) is 4.42. The molecule has 5 heteroatoms. The summed E-state index contributed by atoms with van der Waals surface area (Å²) >= 11 is 1.24. The number of amides is 1. The minimum Gasteiger partial charge on any atom is -0.308 e. The smallest absolute Gasteiger partial charge is 0.240 e. The summed E-state index contributed by atoms with van der Waals surface area (Å²) in [7, 11) is 0. The number of anilines is 1. The summed E-state index contributed by atoms with van der Waals surface area (Å²) in [5.41, 5.74) is 2.11. The number of halogens is 2. The van der Waals surface area contributed by atoms with Gasteiger partial charge in [0.1, 0.15) is 0 Å². The molecule has 0 aliphatic carbocycles. The van der Waals surface area contributed by atoms with Gasteiger partial charge < -0.3 is 4.90 Å². The number of fused-ring (bicyclic) bond motifs is 1. The second-order valence-corrected chi connectivity index (χ2v) is 7.14. The van der Waals surface area contributed by atoms with Crippen LogP contribution >= 0.6 is 11.8 Å². The van der Waals surface area contributed by atoms with Crippen LogP contribution in [0.4, 0.5) is 14.5 Å². The predicted molar refractivity (Wildman–Crippen MR) is 88.8 cm³/mol. The third-order valence-corrected chi connectivity index (χ3v) is 5.08. The monoisotopic (exact) mass is 333 g/mol. The topological polar surface area (TPSA) is 20.3 Å². The van der Waals surface area contributed by atoms with Gasteiger partial charge >= 0.3 is 0 Å². The highest BCUT2D eigenvalue weighted by Crippen LogP contribution is 2.35. The molecule has 0 radical (unpaired) electrons. The second kappa shape index (κ2) is 6.32. The molecule has 2 aromatic rings. The van der Waals surface area contributed by atoms with Crippen molar-refractivity contribution in [1.29, 1.82) is 0 Å². The highest BCUT2D eigenvalue weighted by Gasteiger charge is 2.33. The molecule has 0 aromatic heterocycles. The van der Waals surface area contributed by atoms with Crippen LogP contribution in [0.1, 0.15) is 19.4 Å². The summed E-state index contributed by atoms with van der Waals surface area (Å²) in [5, 5.41) is -0.381. The van der Waals surface area contributed by atoms with E-state index in [9.17, 15) is 13.6 Å². The number of hydrogen-bond acceptors (Lipinski definition) is 2. The molecule has 0 unspecified atom stereocenters. The summed E-state index contributed by atoms with van der Waals surface area (Å²) in [5.74, 6) is -1.79. The Hall–Kier alpha value is -1.88. The number of benzene rings is 2. The summed E-state index contributed by atoms with van der Waals surface area (Å²) < 4.78 is 26.3. The minimum atomic E-state index is -0.894. The van der Waals surface area contributed by atoms with Crippen molar-refractivity contribution in [3.8, 4) is 0 Å². The molecule has 2 atom stereocenters. The Kier molecular flexibility index (Phi) is 4.39. The summed E-state index contributed by atoms with van der Waals surface area (Å²) in [6, 6.07) is 11.7. The molecule has 0 spiro atoms. The van der Waals surface area contributed by atoms with Gasteiger partial charge in [-0.2, -0.15) is 0 Å². The van der Waals surface area contributed by atoms with E-state index in [-0.39, 0.29) is 17.2 Å². The standard InChI is InChI=1S/C18H17F2NOS/c1-11-9-13-5-3-4-6-17(13)21(11)18(22)12(2)23-14-7-8-15(19)16(20)10-14/h3-8,10-12H,9H2,1-2H3/t11-,12+/m0/s1. The van der Waals surface area contributed by atoms with Gasteiger partial charge in [-0.25, -0.2) is 8.78 Å². The second-order valence-electron chi connectivity index (χ2n) is 5.73. The number of carbonyl (C=O) groups is 1. The van der Waals surface area contributed by atoms with Crippen LogP contribution in [0.2, 0.25) is 0 Å². The van der Waals surface area contributed by atoms with Gasteiger partial charge in [0.2, 0.25) is 5.91 Å². The first kappa shape index (κ1) is 16.0. The van der Waals surface area contributed by atoms with E-state index in [1.807, 2.05) is 36.1 Å². The molecular formula is C18H17F2NOS. The Morgan fingerprint density at radius 1 is 1.22 bits per heavy atom. The van der Waals surface area contributed by atoms with Crippen molar-refractivity contribution >= 4 is 23.4 Å². The summed E-state index contributed by atoms with van der Waals surface area (Å²) in [6.07, 6.45) is 0.838. The van der Waals surface area contributed by atoms with Crippen LogP contribution in [0.15, 0.2) is 47.4 Å². The minimum absolute atomic E-state index is 0.0165. The maximum Gasteiger partial charge on any atom is 0.240 e. The molecule has 1 amide bonds. The number of hydrogen-bond donors (Lipinski definition) is 0. The zero-order chi connectivity index (χ0) is 16.6. The number of para-hydroxylation sites is 1. The van der Waals surface area contributed by atoms with Crippen LogP contribution in [0.25, 0.3) is 0 Å². The molecule has 3 rings (SSSR count). The molecule has 0 saturated heterocycles. The van der Waals surface area contributed by atoms with Gasteiger partial charge in [0.25, 0.3) is 0 Å². The van der Waals surface area contributed by atoms with Crippen molar-refractivity contribution in [1.82, 2.24) is 0 Å². The van der Waals surface area contributed by atoms with Crippen LogP contribution in [0, 0.1) is 11.6 Å². The van der Waals surface area contributed by atoms with E-state index in [1.54, 1.807) is 6.92 Å². The quantitative estimate of drug-likeness (QED) is 0.775. The molecule has 1 aliphatic heterocycles. The Labute approximate surface area is 138 Å². The van der Waals surface area contributed by atoms with E-state index < -0.39 is 11.6 Å². The van der Waals surface area contributed by atoms with Crippen molar-refractivity contribution in [2.75, 3.05) is 4.90 Å². The van der Waals surface area contributed by atoms with Crippen molar-refractivity contribution in [2.24, 2.45) is 0 Å². The normalized spacial score (nSPS) is 17.9. The zero-order valence-electron chi connectivity index (χ0n) is 12.9. The largest absolute Gasteiger partial charge is 0.308 e. The van der Waals surface area contributed by atoms with Gasteiger partial charge in [-0.3, -0.25) is 4.79 Å². The lowest BCUT2D eigenvalue weighted by Gasteiger charge is -2.25. The van der Waals surface area contributed by atoms with Gasteiger partial charge in [0.05, 0.1) is 5.25 Å². The first-order valence-electron chi connectivity index (χ1n) is 7.50. The third kappa shape index (κ3) is 3.11. The van der Waals surface area contributed by atoms with E-state index in [1.165, 1.54) is 23.4 Å². The molecule has 2 nitrogen and oxygen atoms in total. The highest BCUT2D eigenvalue weighted by atomic mass is 32.2. The zero-order valence-corrected chi connectivity index (χ0v) is 13.7. The first-order chi connectivity index (χ1) is 11.0. The van der Waals surface area contributed by atoms with E-state index in [0.29, 0.717) is 4.90 Å². The Balaban J connectivity index is 1.78. The van der Waals surface area contributed by atoms with Crippen molar-refractivity contribution in [2.45, 2.75) is 36.5 Å². The average Bonchev–Trinajstić information content (AvgIpc) is 2.86. The number of nitrogens with zero attached hydrogens (tertiary/aromatic N) is 1. The van der Waals surface area contributed by atoms with Crippen molar-refractivity contribution in [3.63, 3.8) is 0 Å². The third-order valence-electron chi connectivity index (χ3n) is 4.00. The van der Waals surface area contributed by atoms with E-state index in [2.05, 4.69) is 0 Å². The maximum atomic E-state index is 13.3. The molecule has 0 N–H and O–H groups in total. The molecule has 1 heterocycles. The molecule has 120 valence electrons. The van der Waals surface area contributed by atoms with E-state index in [4.69, 9.17) is 0 Å². The van der Waals surface area contributed by atoms with Crippen LogP contribution in [-0.2, 0) is 11.2 Å². The van der Waals surface area contributed by atoms with Gasteiger partial charge in [0, 0.05) is 16.6 Å². The lowest BCUT2D eigenvalue weighted by molar-refractivity contribution is -0.118. The SMILES string of the molecule is C[C@@H](Sc1ccc(F)c(F)c1)C(=O)N1c2ccccc2C[C@@H]1C. The Morgan fingerprint density at radius 2 is 1.96 bits per heavy atom. The fraction of sp³-hybridized carbons (Fsp3) is 0.278. The van der Waals surface area contributed by atoms with Gasteiger partial charge in [-0.05, 0) is 50.1 Å². The van der Waals surface area contributed by atoms with Gasteiger partial charge in [0.15, 0.2) is 11.6 Å². The van der Waals surface area contributed by atoms with Crippen LogP contribution in [0.5, 0.6) is 0 Å². The fourth-order valence-electron chi connectivity index (χ4n) is 2.90. The maximum absolute atomic E-state index is 13.3. The van der Waals surface area contributed by atoms with Gasteiger partial charge in [-0.15, -0.1) is 11.8 Å². The Morgan fingerprint density at radius 3 is 2.70 bits per heavy atom.